The maximum absolute atomic E-state index is 9.44. The molecule has 4 nitrogen and oxygen atoms in total. The van der Waals surface area contributed by atoms with Gasteiger partial charge in [-0.2, -0.15) is 0 Å². The van der Waals surface area contributed by atoms with Crippen LogP contribution in [0.4, 0.5) is 0 Å². The molecule has 0 radical (unpaired) electrons. The zero-order chi connectivity index (χ0) is 16.5. The van der Waals surface area contributed by atoms with Crippen molar-refractivity contribution in [3.63, 3.8) is 0 Å². The van der Waals surface area contributed by atoms with Crippen molar-refractivity contribution < 1.29 is 9.90 Å². The fourth-order valence-electron chi connectivity index (χ4n) is 2.05. The number of nitrogens with one attached hydrogen (secondary N) is 2. The summed E-state index contributed by atoms with van der Waals surface area (Å²) in [6, 6.07) is 11.1. The first kappa shape index (κ1) is 19.2. The van der Waals surface area contributed by atoms with Crippen LogP contribution in [0.5, 0.6) is 0 Å². The number of thiocarbonyl (C=S) groups is 1. The third-order valence-corrected chi connectivity index (χ3v) is 4.00. The quantitative estimate of drug-likeness (QED) is 0.566. The molecule has 1 aliphatic heterocycles. The topological polar surface area (TPSA) is 61.4 Å². The number of rotatable bonds is 4. The number of carboxylic acid groups (broad SMARTS) is 1. The van der Waals surface area contributed by atoms with Crippen molar-refractivity contribution in [1.29, 1.82) is 0 Å². The van der Waals surface area contributed by atoms with Crippen molar-refractivity contribution in [3.8, 4) is 0 Å². The van der Waals surface area contributed by atoms with E-state index in [4.69, 9.17) is 40.5 Å². The third kappa shape index (κ3) is 6.92. The van der Waals surface area contributed by atoms with Crippen LogP contribution in [0.3, 0.4) is 0 Å². The molecule has 1 heterocycles. The van der Waals surface area contributed by atoms with Gasteiger partial charge in [0.15, 0.2) is 0 Å². The standard InChI is InChI=1S/C13H18N2S.C2H2Cl2O2/c1-10(11-6-3-2-4-7-11)15-13(16)12-8-5-9-14-12;3-1(4)2(5)6/h2-4,6-7,10,12,14H,5,8-9H2,1H3,(H,15,16);1H,(H,5,6)/t10-,12+;/m1./s1. The van der Waals surface area contributed by atoms with Gasteiger partial charge in [-0.3, -0.25) is 0 Å². The average Bonchev–Trinajstić information content (AvgIpc) is 3.03. The SMILES string of the molecule is C[C@@H](NC(=S)[C@@H]1CCCN1)c1ccccc1.O=C(O)C(Cl)Cl. The van der Waals surface area contributed by atoms with Gasteiger partial charge < -0.3 is 15.7 Å². The molecule has 7 heteroatoms. The van der Waals surface area contributed by atoms with Crippen LogP contribution in [0, 0.1) is 0 Å². The minimum Gasteiger partial charge on any atom is -0.479 e. The highest BCUT2D eigenvalue weighted by Gasteiger charge is 2.19. The smallest absolute Gasteiger partial charge is 0.337 e. The van der Waals surface area contributed by atoms with Crippen LogP contribution in [0.1, 0.15) is 31.4 Å². The van der Waals surface area contributed by atoms with Crippen molar-refractivity contribution in [2.75, 3.05) is 6.54 Å². The normalized spacial score (nSPS) is 18.3. The first-order valence-corrected chi connectivity index (χ1v) is 8.29. The number of alkyl halides is 2. The number of hydrogen-bond donors (Lipinski definition) is 3. The summed E-state index contributed by atoms with van der Waals surface area (Å²) in [5.74, 6) is -1.21. The van der Waals surface area contributed by atoms with Crippen LogP contribution in [-0.4, -0.2) is 33.5 Å². The number of halogens is 2. The van der Waals surface area contributed by atoms with Gasteiger partial charge in [0.2, 0.25) is 4.84 Å². The van der Waals surface area contributed by atoms with Gasteiger partial charge in [-0.05, 0) is 31.9 Å². The Kier molecular flexibility index (Phi) is 8.71. The van der Waals surface area contributed by atoms with E-state index in [9.17, 15) is 4.79 Å². The fourth-order valence-corrected chi connectivity index (χ4v) is 2.43. The maximum Gasteiger partial charge on any atom is 0.337 e. The van der Waals surface area contributed by atoms with Crippen LogP contribution in [-0.2, 0) is 4.79 Å². The highest BCUT2D eigenvalue weighted by Crippen LogP contribution is 2.13. The Morgan fingerprint density at radius 3 is 2.45 bits per heavy atom. The second kappa shape index (κ2) is 10.0. The molecule has 122 valence electrons. The monoisotopic (exact) mass is 362 g/mol. The van der Waals surface area contributed by atoms with Crippen LogP contribution < -0.4 is 10.6 Å². The Balaban J connectivity index is 0.000000346. The number of carbonyl (C=O) groups is 1. The summed E-state index contributed by atoms with van der Waals surface area (Å²) in [5.41, 5.74) is 1.28. The van der Waals surface area contributed by atoms with E-state index in [2.05, 4.69) is 41.8 Å². The maximum atomic E-state index is 9.44. The second-order valence-electron chi connectivity index (χ2n) is 4.93. The van der Waals surface area contributed by atoms with Crippen LogP contribution in [0.25, 0.3) is 0 Å². The lowest BCUT2D eigenvalue weighted by Crippen LogP contribution is -2.40. The van der Waals surface area contributed by atoms with E-state index in [1.54, 1.807) is 0 Å². The Bertz CT molecular complexity index is 480. The zero-order valence-corrected chi connectivity index (χ0v) is 14.6. The van der Waals surface area contributed by atoms with Crippen LogP contribution in [0.2, 0.25) is 0 Å². The molecule has 0 unspecified atom stereocenters. The molecule has 1 fully saturated rings. The third-order valence-electron chi connectivity index (χ3n) is 3.22. The largest absolute Gasteiger partial charge is 0.479 e. The molecule has 0 amide bonds. The lowest BCUT2D eigenvalue weighted by atomic mass is 10.1. The number of benzene rings is 1. The van der Waals surface area contributed by atoms with Gasteiger partial charge in [0.25, 0.3) is 0 Å². The van der Waals surface area contributed by atoms with E-state index >= 15 is 0 Å². The van der Waals surface area contributed by atoms with E-state index in [0.717, 1.165) is 18.0 Å². The van der Waals surface area contributed by atoms with Crippen molar-refractivity contribution in [3.05, 3.63) is 35.9 Å². The predicted octanol–water partition coefficient (Wildman–Crippen LogP) is 3.29. The first-order valence-electron chi connectivity index (χ1n) is 7.01. The lowest BCUT2D eigenvalue weighted by Gasteiger charge is -2.20. The minimum absolute atomic E-state index is 0.288. The summed E-state index contributed by atoms with van der Waals surface area (Å²) in [4.78, 5) is 9.10. The summed E-state index contributed by atoms with van der Waals surface area (Å²) >= 11 is 15.0. The van der Waals surface area contributed by atoms with E-state index < -0.39 is 10.8 Å². The summed E-state index contributed by atoms with van der Waals surface area (Å²) in [6.07, 6.45) is 2.39. The zero-order valence-electron chi connectivity index (χ0n) is 12.3. The molecule has 0 saturated carbocycles. The van der Waals surface area contributed by atoms with Gasteiger partial charge >= 0.3 is 5.97 Å². The molecule has 22 heavy (non-hydrogen) atoms. The Hall–Kier alpha value is -0.880. The number of aliphatic carboxylic acids is 1. The number of carboxylic acids is 1. The average molecular weight is 363 g/mol. The molecule has 0 bridgehead atoms. The molecule has 0 aromatic heterocycles. The van der Waals surface area contributed by atoms with Gasteiger partial charge in [0.1, 0.15) is 0 Å². The summed E-state index contributed by atoms with van der Waals surface area (Å²) in [5, 5.41) is 14.5. The molecule has 0 aliphatic carbocycles. The van der Waals surface area contributed by atoms with Gasteiger partial charge in [-0.25, -0.2) is 4.79 Å². The molecule has 3 N–H and O–H groups in total. The van der Waals surface area contributed by atoms with Crippen LogP contribution >= 0.6 is 35.4 Å². The highest BCUT2D eigenvalue weighted by molar-refractivity contribution is 7.80. The Labute approximate surface area is 146 Å². The fraction of sp³-hybridized carbons (Fsp3) is 0.467. The van der Waals surface area contributed by atoms with Gasteiger partial charge in [0.05, 0.1) is 11.0 Å². The molecular weight excluding hydrogens is 343 g/mol. The molecule has 0 spiro atoms. The molecule has 2 atom stereocenters. The van der Waals surface area contributed by atoms with E-state index in [0.29, 0.717) is 6.04 Å². The second-order valence-corrected chi connectivity index (χ2v) is 6.46. The van der Waals surface area contributed by atoms with Crippen LogP contribution in [0.15, 0.2) is 30.3 Å². The molecular formula is C15H20Cl2N2O2S. The molecule has 1 aliphatic rings. The van der Waals surface area contributed by atoms with Gasteiger partial charge in [0, 0.05) is 6.04 Å². The summed E-state index contributed by atoms with van der Waals surface area (Å²) < 4.78 is 0. The Morgan fingerprint density at radius 1 is 1.41 bits per heavy atom. The predicted molar refractivity (Wildman–Crippen MR) is 94.7 cm³/mol. The molecule has 2 rings (SSSR count). The van der Waals surface area contributed by atoms with Crippen molar-refractivity contribution in [2.24, 2.45) is 0 Å². The van der Waals surface area contributed by atoms with E-state index in [1.807, 2.05) is 6.07 Å². The van der Waals surface area contributed by atoms with Crippen molar-refractivity contribution in [1.82, 2.24) is 10.6 Å². The summed E-state index contributed by atoms with van der Waals surface area (Å²) in [6.45, 7) is 3.24. The van der Waals surface area contributed by atoms with Crippen molar-refractivity contribution >= 4 is 46.4 Å². The van der Waals surface area contributed by atoms with E-state index in [1.165, 1.54) is 12.0 Å². The molecule has 1 aromatic carbocycles. The molecule has 1 saturated heterocycles. The Morgan fingerprint density at radius 2 is 2.00 bits per heavy atom. The molecule has 1 aromatic rings. The van der Waals surface area contributed by atoms with Gasteiger partial charge in [-0.15, -0.1) is 0 Å². The highest BCUT2D eigenvalue weighted by atomic mass is 35.5. The van der Waals surface area contributed by atoms with E-state index in [-0.39, 0.29) is 6.04 Å². The first-order chi connectivity index (χ1) is 10.4. The van der Waals surface area contributed by atoms with Gasteiger partial charge in [-0.1, -0.05) is 65.8 Å². The van der Waals surface area contributed by atoms with Crippen molar-refractivity contribution in [2.45, 2.75) is 36.7 Å². The minimum atomic E-state index is -1.29. The lowest BCUT2D eigenvalue weighted by molar-refractivity contribution is -0.135. The summed E-state index contributed by atoms with van der Waals surface area (Å²) in [7, 11) is 0. The number of hydrogen-bond acceptors (Lipinski definition) is 3.